The van der Waals surface area contributed by atoms with Gasteiger partial charge in [0, 0.05) is 51.2 Å². The van der Waals surface area contributed by atoms with Crippen LogP contribution in [0.2, 0.25) is 0 Å². The van der Waals surface area contributed by atoms with Gasteiger partial charge in [-0.1, -0.05) is 6.07 Å². The minimum atomic E-state index is -0.179. The zero-order chi connectivity index (χ0) is 20.1. The third-order valence-corrected chi connectivity index (χ3v) is 4.67. The molecule has 148 valence electrons. The molecule has 9 nitrogen and oxygen atoms in total. The lowest BCUT2D eigenvalue weighted by molar-refractivity contribution is 0.0515. The Morgan fingerprint density at radius 3 is 2.52 bits per heavy atom. The smallest absolute Gasteiger partial charge is 0.289 e. The Hall–Kier alpha value is -3.75. The number of carbonyl (C=O) groups excluding carboxylic acids is 2. The van der Waals surface area contributed by atoms with Crippen molar-refractivity contribution in [2.45, 2.75) is 6.54 Å². The van der Waals surface area contributed by atoms with Gasteiger partial charge in [0.1, 0.15) is 17.8 Å². The first-order valence-electron chi connectivity index (χ1n) is 9.27. The standard InChI is InChI=1S/C20H20N6O3/c27-19(25-6-8-26(9-7-25)20(28)17-4-2-10-29-17)16-11-18(24-14-23-16)22-13-15-3-1-5-21-12-15/h1-5,10-12,14H,6-9,13H2,(H,22,23,24). The van der Waals surface area contributed by atoms with Crippen molar-refractivity contribution in [3.8, 4) is 0 Å². The molecule has 4 heterocycles. The van der Waals surface area contributed by atoms with Crippen LogP contribution in [-0.4, -0.2) is 62.7 Å². The summed E-state index contributed by atoms with van der Waals surface area (Å²) < 4.78 is 5.16. The highest BCUT2D eigenvalue weighted by molar-refractivity contribution is 5.94. The SMILES string of the molecule is O=C(c1cc(NCc2cccnc2)ncn1)N1CCN(C(=O)c2ccco2)CC1. The summed E-state index contributed by atoms with van der Waals surface area (Å²) in [6.45, 7) is 2.32. The highest BCUT2D eigenvalue weighted by atomic mass is 16.3. The average molecular weight is 392 g/mol. The number of hydrogen-bond donors (Lipinski definition) is 1. The number of aromatic nitrogens is 3. The predicted octanol–water partition coefficient (Wildman–Crippen LogP) is 1.67. The van der Waals surface area contributed by atoms with Crippen molar-refractivity contribution in [3.05, 3.63) is 72.3 Å². The van der Waals surface area contributed by atoms with Gasteiger partial charge in [-0.05, 0) is 23.8 Å². The maximum atomic E-state index is 12.8. The van der Waals surface area contributed by atoms with Gasteiger partial charge >= 0.3 is 0 Å². The van der Waals surface area contributed by atoms with Crippen LogP contribution in [0.5, 0.6) is 0 Å². The van der Waals surface area contributed by atoms with Gasteiger partial charge in [-0.2, -0.15) is 0 Å². The number of hydrogen-bond acceptors (Lipinski definition) is 7. The molecule has 4 rings (SSSR count). The second-order valence-electron chi connectivity index (χ2n) is 6.57. The Balaban J connectivity index is 1.34. The molecule has 3 aromatic heterocycles. The monoisotopic (exact) mass is 392 g/mol. The van der Waals surface area contributed by atoms with E-state index in [0.717, 1.165) is 5.56 Å². The Morgan fingerprint density at radius 2 is 1.83 bits per heavy atom. The van der Waals surface area contributed by atoms with Crippen molar-refractivity contribution in [1.29, 1.82) is 0 Å². The number of nitrogens with one attached hydrogen (secondary N) is 1. The van der Waals surface area contributed by atoms with Gasteiger partial charge in [0.2, 0.25) is 0 Å². The zero-order valence-electron chi connectivity index (χ0n) is 15.7. The second-order valence-corrected chi connectivity index (χ2v) is 6.57. The molecule has 0 aromatic carbocycles. The van der Waals surface area contributed by atoms with E-state index in [0.29, 0.717) is 50.0 Å². The Bertz CT molecular complexity index is 969. The fraction of sp³-hybridized carbons (Fsp3) is 0.250. The number of amides is 2. The van der Waals surface area contributed by atoms with Crippen molar-refractivity contribution in [1.82, 2.24) is 24.8 Å². The quantitative estimate of drug-likeness (QED) is 0.704. The van der Waals surface area contributed by atoms with Crippen LogP contribution in [0.4, 0.5) is 5.82 Å². The predicted molar refractivity (Wildman–Crippen MR) is 104 cm³/mol. The van der Waals surface area contributed by atoms with E-state index in [1.54, 1.807) is 40.4 Å². The maximum Gasteiger partial charge on any atom is 0.289 e. The normalized spacial score (nSPS) is 13.9. The lowest BCUT2D eigenvalue weighted by Crippen LogP contribution is -2.50. The molecule has 1 aliphatic rings. The van der Waals surface area contributed by atoms with E-state index in [4.69, 9.17) is 4.42 Å². The van der Waals surface area contributed by atoms with Crippen LogP contribution in [0.3, 0.4) is 0 Å². The van der Waals surface area contributed by atoms with Crippen LogP contribution < -0.4 is 5.32 Å². The maximum absolute atomic E-state index is 12.8. The van der Waals surface area contributed by atoms with Crippen molar-refractivity contribution in [3.63, 3.8) is 0 Å². The summed E-state index contributed by atoms with van der Waals surface area (Å²) >= 11 is 0. The van der Waals surface area contributed by atoms with Gasteiger partial charge in [-0.25, -0.2) is 9.97 Å². The van der Waals surface area contributed by atoms with E-state index in [9.17, 15) is 9.59 Å². The molecular weight excluding hydrogens is 372 g/mol. The van der Waals surface area contributed by atoms with E-state index < -0.39 is 0 Å². The summed E-state index contributed by atoms with van der Waals surface area (Å²) in [5, 5.41) is 3.17. The molecule has 1 saturated heterocycles. The van der Waals surface area contributed by atoms with Gasteiger partial charge in [0.15, 0.2) is 5.76 Å². The highest BCUT2D eigenvalue weighted by Gasteiger charge is 2.27. The summed E-state index contributed by atoms with van der Waals surface area (Å²) in [7, 11) is 0. The van der Waals surface area contributed by atoms with Gasteiger partial charge in [-0.15, -0.1) is 0 Å². The lowest BCUT2D eigenvalue weighted by atomic mass is 10.2. The summed E-state index contributed by atoms with van der Waals surface area (Å²) in [5.74, 6) is 0.539. The van der Waals surface area contributed by atoms with Gasteiger partial charge < -0.3 is 19.5 Å². The van der Waals surface area contributed by atoms with Crippen molar-refractivity contribution in [2.75, 3.05) is 31.5 Å². The molecule has 0 bridgehead atoms. The molecule has 1 fully saturated rings. The number of nitrogens with zero attached hydrogens (tertiary/aromatic N) is 5. The van der Waals surface area contributed by atoms with E-state index >= 15 is 0 Å². The first kappa shape index (κ1) is 18.6. The summed E-state index contributed by atoms with van der Waals surface area (Å²) in [6, 6.07) is 8.78. The van der Waals surface area contributed by atoms with Crippen LogP contribution in [0.15, 0.2) is 59.7 Å². The molecule has 1 aliphatic heterocycles. The van der Waals surface area contributed by atoms with Crippen molar-refractivity contribution < 1.29 is 14.0 Å². The number of anilines is 1. The van der Waals surface area contributed by atoms with Gasteiger partial charge in [0.25, 0.3) is 11.8 Å². The number of carbonyl (C=O) groups is 2. The van der Waals surface area contributed by atoms with Crippen LogP contribution in [0, 0.1) is 0 Å². The molecule has 3 aromatic rings. The van der Waals surface area contributed by atoms with E-state index in [1.807, 2.05) is 12.1 Å². The van der Waals surface area contributed by atoms with Crippen molar-refractivity contribution in [2.24, 2.45) is 0 Å². The Labute approximate surface area is 167 Å². The first-order valence-corrected chi connectivity index (χ1v) is 9.27. The number of piperazine rings is 1. The van der Waals surface area contributed by atoms with E-state index in [-0.39, 0.29) is 11.8 Å². The summed E-state index contributed by atoms with van der Waals surface area (Å²) in [4.78, 5) is 40.9. The van der Waals surface area contributed by atoms with Crippen molar-refractivity contribution >= 4 is 17.6 Å². The Morgan fingerprint density at radius 1 is 1.03 bits per heavy atom. The lowest BCUT2D eigenvalue weighted by Gasteiger charge is -2.34. The fourth-order valence-corrected chi connectivity index (χ4v) is 3.10. The molecular formula is C20H20N6O3. The summed E-state index contributed by atoms with van der Waals surface area (Å²) in [5.41, 5.74) is 1.33. The minimum absolute atomic E-state index is 0.161. The molecule has 2 amide bonds. The van der Waals surface area contributed by atoms with Gasteiger partial charge in [0.05, 0.1) is 6.26 Å². The van der Waals surface area contributed by atoms with E-state index in [1.165, 1.54) is 12.6 Å². The average Bonchev–Trinajstić information content (AvgIpc) is 3.33. The van der Waals surface area contributed by atoms with Crippen LogP contribution in [-0.2, 0) is 6.54 Å². The highest BCUT2D eigenvalue weighted by Crippen LogP contribution is 2.13. The van der Waals surface area contributed by atoms with E-state index in [2.05, 4.69) is 20.3 Å². The second kappa shape index (κ2) is 8.51. The van der Waals surface area contributed by atoms with Crippen LogP contribution in [0.1, 0.15) is 26.6 Å². The fourth-order valence-electron chi connectivity index (χ4n) is 3.10. The number of rotatable bonds is 5. The minimum Gasteiger partial charge on any atom is -0.459 e. The topological polar surface area (TPSA) is 104 Å². The molecule has 29 heavy (non-hydrogen) atoms. The third kappa shape index (κ3) is 4.40. The molecule has 1 N–H and O–H groups in total. The molecule has 0 radical (unpaired) electrons. The molecule has 0 spiro atoms. The number of furan rings is 1. The first-order chi connectivity index (χ1) is 14.2. The molecule has 0 atom stereocenters. The Kier molecular flexibility index (Phi) is 5.46. The number of pyridine rings is 1. The molecule has 0 unspecified atom stereocenters. The molecule has 0 aliphatic carbocycles. The van der Waals surface area contributed by atoms with Gasteiger partial charge in [-0.3, -0.25) is 14.6 Å². The largest absolute Gasteiger partial charge is 0.459 e. The summed E-state index contributed by atoms with van der Waals surface area (Å²) in [6.07, 6.45) is 6.33. The van der Waals surface area contributed by atoms with Crippen LogP contribution >= 0.6 is 0 Å². The molecule has 0 saturated carbocycles. The zero-order valence-corrected chi connectivity index (χ0v) is 15.7. The van der Waals surface area contributed by atoms with Crippen LogP contribution in [0.25, 0.3) is 0 Å². The molecule has 9 heteroatoms. The third-order valence-electron chi connectivity index (χ3n) is 4.67.